The van der Waals surface area contributed by atoms with Crippen molar-refractivity contribution in [1.82, 2.24) is 15.1 Å². The molecule has 0 aliphatic carbocycles. The average Bonchev–Trinajstić information content (AvgIpc) is 2.38. The van der Waals surface area contributed by atoms with E-state index in [4.69, 9.17) is 0 Å². The predicted octanol–water partition coefficient (Wildman–Crippen LogP) is 1.01. The van der Waals surface area contributed by atoms with Crippen LogP contribution in [0, 0.1) is 5.92 Å². The van der Waals surface area contributed by atoms with Gasteiger partial charge in [-0.3, -0.25) is 4.90 Å². The number of nitrogens with zero attached hydrogens (tertiary/aromatic N) is 2. The second-order valence-electron chi connectivity index (χ2n) is 6.62. The van der Waals surface area contributed by atoms with E-state index in [1.165, 1.54) is 6.54 Å². The van der Waals surface area contributed by atoms with E-state index in [2.05, 4.69) is 42.8 Å². The first-order chi connectivity index (χ1) is 8.99. The van der Waals surface area contributed by atoms with Crippen molar-refractivity contribution >= 4 is 0 Å². The predicted molar refractivity (Wildman–Crippen MR) is 81.5 cm³/mol. The minimum atomic E-state index is -0.157. The number of hydrogen-bond acceptors (Lipinski definition) is 4. The van der Waals surface area contributed by atoms with Crippen LogP contribution >= 0.6 is 0 Å². The molecule has 1 saturated heterocycles. The van der Waals surface area contributed by atoms with Crippen LogP contribution in [0.5, 0.6) is 0 Å². The average molecular weight is 271 g/mol. The molecule has 0 aromatic rings. The zero-order valence-electron chi connectivity index (χ0n) is 13.3. The molecular formula is C15H33N3O. The molecule has 1 heterocycles. The van der Waals surface area contributed by atoms with E-state index in [0.29, 0.717) is 0 Å². The van der Waals surface area contributed by atoms with Gasteiger partial charge in [0.15, 0.2) is 0 Å². The maximum atomic E-state index is 9.61. The van der Waals surface area contributed by atoms with Gasteiger partial charge in [0, 0.05) is 39.3 Å². The molecular weight excluding hydrogens is 238 g/mol. The van der Waals surface area contributed by atoms with Gasteiger partial charge >= 0.3 is 0 Å². The Morgan fingerprint density at radius 2 is 1.74 bits per heavy atom. The molecule has 0 spiro atoms. The summed E-state index contributed by atoms with van der Waals surface area (Å²) in [6.45, 7) is 16.8. The summed E-state index contributed by atoms with van der Waals surface area (Å²) in [5.74, 6) is 0.750. The van der Waals surface area contributed by atoms with E-state index in [1.807, 2.05) is 0 Å². The third kappa shape index (κ3) is 6.21. The molecule has 4 heteroatoms. The molecule has 1 aliphatic rings. The van der Waals surface area contributed by atoms with Gasteiger partial charge < -0.3 is 15.3 Å². The fourth-order valence-corrected chi connectivity index (χ4v) is 2.73. The zero-order chi connectivity index (χ0) is 14.3. The van der Waals surface area contributed by atoms with Gasteiger partial charge in [0.1, 0.15) is 0 Å². The quantitative estimate of drug-likeness (QED) is 0.691. The van der Waals surface area contributed by atoms with E-state index in [9.17, 15) is 5.11 Å². The highest BCUT2D eigenvalue weighted by Gasteiger charge is 2.27. The van der Waals surface area contributed by atoms with Crippen LogP contribution in [0.3, 0.4) is 0 Å². The second kappa shape index (κ2) is 8.20. The van der Waals surface area contributed by atoms with Crippen molar-refractivity contribution in [3.05, 3.63) is 0 Å². The van der Waals surface area contributed by atoms with Crippen molar-refractivity contribution in [2.75, 3.05) is 52.4 Å². The maximum absolute atomic E-state index is 9.61. The summed E-state index contributed by atoms with van der Waals surface area (Å²) in [6, 6.07) is 0. The van der Waals surface area contributed by atoms with E-state index in [1.54, 1.807) is 0 Å². The van der Waals surface area contributed by atoms with Crippen molar-refractivity contribution in [3.63, 3.8) is 0 Å². The molecule has 1 rings (SSSR count). The van der Waals surface area contributed by atoms with Gasteiger partial charge in [0.2, 0.25) is 0 Å². The van der Waals surface area contributed by atoms with Crippen LogP contribution in [0.15, 0.2) is 0 Å². The molecule has 1 fully saturated rings. The molecule has 4 nitrogen and oxygen atoms in total. The first-order valence-electron chi connectivity index (χ1n) is 7.79. The number of rotatable bonds is 8. The van der Waals surface area contributed by atoms with E-state index in [-0.39, 0.29) is 12.1 Å². The molecule has 0 bridgehead atoms. The molecule has 1 aliphatic heterocycles. The number of piperazine rings is 1. The van der Waals surface area contributed by atoms with Crippen LogP contribution in [-0.2, 0) is 0 Å². The van der Waals surface area contributed by atoms with Crippen LogP contribution in [0.25, 0.3) is 0 Å². The molecule has 114 valence electrons. The third-order valence-electron chi connectivity index (χ3n) is 3.81. The summed E-state index contributed by atoms with van der Waals surface area (Å²) in [5.41, 5.74) is -0.157. The van der Waals surface area contributed by atoms with Gasteiger partial charge in [-0.2, -0.15) is 0 Å². The Labute approximate surface area is 119 Å². The summed E-state index contributed by atoms with van der Waals surface area (Å²) < 4.78 is 0. The van der Waals surface area contributed by atoms with Crippen LogP contribution in [-0.4, -0.2) is 72.9 Å². The Morgan fingerprint density at radius 1 is 1.16 bits per heavy atom. The van der Waals surface area contributed by atoms with Gasteiger partial charge in [-0.25, -0.2) is 0 Å². The minimum absolute atomic E-state index is 0.157. The summed E-state index contributed by atoms with van der Waals surface area (Å²) in [7, 11) is 0. The fourth-order valence-electron chi connectivity index (χ4n) is 2.73. The monoisotopic (exact) mass is 271 g/mol. The molecule has 0 aromatic carbocycles. The van der Waals surface area contributed by atoms with Crippen molar-refractivity contribution < 1.29 is 5.11 Å². The first kappa shape index (κ1) is 16.9. The van der Waals surface area contributed by atoms with Crippen molar-refractivity contribution in [2.24, 2.45) is 5.92 Å². The first-order valence-corrected chi connectivity index (χ1v) is 7.79. The summed E-state index contributed by atoms with van der Waals surface area (Å²) in [5, 5.41) is 13.1. The number of aliphatic hydroxyl groups excluding tert-OH is 1. The lowest BCUT2D eigenvalue weighted by molar-refractivity contribution is 0.0745. The molecule has 0 aromatic heterocycles. The van der Waals surface area contributed by atoms with Crippen molar-refractivity contribution in [3.8, 4) is 0 Å². The summed E-state index contributed by atoms with van der Waals surface area (Å²) in [4.78, 5) is 5.03. The van der Waals surface area contributed by atoms with Gasteiger partial charge in [-0.1, -0.05) is 20.8 Å². The minimum Gasteiger partial charge on any atom is -0.394 e. The number of hydrogen-bond donors (Lipinski definition) is 2. The molecule has 0 saturated carbocycles. The molecule has 1 atom stereocenters. The normalized spacial score (nSPS) is 21.8. The Hall–Kier alpha value is -0.160. The van der Waals surface area contributed by atoms with Crippen LogP contribution in [0.4, 0.5) is 0 Å². The Morgan fingerprint density at radius 3 is 2.21 bits per heavy atom. The zero-order valence-corrected chi connectivity index (χ0v) is 13.3. The lowest BCUT2D eigenvalue weighted by Crippen LogP contribution is -2.58. The van der Waals surface area contributed by atoms with Crippen LogP contribution < -0.4 is 5.32 Å². The van der Waals surface area contributed by atoms with Crippen molar-refractivity contribution in [2.45, 2.75) is 39.7 Å². The molecule has 1 unspecified atom stereocenters. The highest BCUT2D eigenvalue weighted by molar-refractivity contribution is 4.87. The smallest absolute Gasteiger partial charge is 0.0623 e. The van der Waals surface area contributed by atoms with Crippen LogP contribution in [0.1, 0.15) is 34.1 Å². The number of nitrogens with one attached hydrogen (secondary N) is 1. The molecule has 19 heavy (non-hydrogen) atoms. The van der Waals surface area contributed by atoms with Gasteiger partial charge in [0.25, 0.3) is 0 Å². The summed E-state index contributed by atoms with van der Waals surface area (Å²) in [6.07, 6.45) is 1.11. The highest BCUT2D eigenvalue weighted by atomic mass is 16.3. The third-order valence-corrected chi connectivity index (χ3v) is 3.81. The van der Waals surface area contributed by atoms with E-state index >= 15 is 0 Å². The number of aliphatic hydroxyl groups is 1. The van der Waals surface area contributed by atoms with Crippen LogP contribution in [0.2, 0.25) is 0 Å². The van der Waals surface area contributed by atoms with Gasteiger partial charge in [-0.15, -0.1) is 0 Å². The Balaban J connectivity index is 2.34. The Kier molecular flexibility index (Phi) is 7.29. The van der Waals surface area contributed by atoms with Crippen molar-refractivity contribution in [1.29, 1.82) is 0 Å². The topological polar surface area (TPSA) is 38.7 Å². The Bertz CT molecular complexity index is 240. The maximum Gasteiger partial charge on any atom is 0.0623 e. The highest BCUT2D eigenvalue weighted by Crippen LogP contribution is 2.10. The van der Waals surface area contributed by atoms with Gasteiger partial charge in [0.05, 0.1) is 12.1 Å². The summed E-state index contributed by atoms with van der Waals surface area (Å²) >= 11 is 0. The standard InChI is InChI=1S/C15H33N3O/c1-5-6-16-15(4,13-19)12-18-9-7-17(8-10-18)11-14(2)3/h14,16,19H,5-13H2,1-4H3. The fraction of sp³-hybridized carbons (Fsp3) is 1.00. The second-order valence-corrected chi connectivity index (χ2v) is 6.62. The lowest BCUT2D eigenvalue weighted by Gasteiger charge is -2.40. The molecule has 2 N–H and O–H groups in total. The van der Waals surface area contributed by atoms with Gasteiger partial charge in [-0.05, 0) is 25.8 Å². The largest absolute Gasteiger partial charge is 0.394 e. The van der Waals surface area contributed by atoms with E-state index in [0.717, 1.165) is 51.6 Å². The SMILES string of the molecule is CCCNC(C)(CO)CN1CCN(CC(C)C)CC1. The van der Waals surface area contributed by atoms with E-state index < -0.39 is 0 Å². The molecule has 0 amide bonds. The lowest BCUT2D eigenvalue weighted by atomic mass is 10.0. The molecule has 0 radical (unpaired) electrons.